The molecule has 0 saturated heterocycles. The van der Waals surface area contributed by atoms with Crippen molar-refractivity contribution in [2.45, 2.75) is 56.4 Å². The van der Waals surface area contributed by atoms with Crippen LogP contribution >= 0.6 is 0 Å². The van der Waals surface area contributed by atoms with Crippen LogP contribution in [0.2, 0.25) is 0 Å². The molecule has 1 N–H and O–H groups in total. The molecule has 6 heteroatoms. The molecule has 1 aromatic carbocycles. The Balaban J connectivity index is 1.38. The van der Waals surface area contributed by atoms with Crippen molar-refractivity contribution in [3.05, 3.63) is 18.2 Å². The zero-order chi connectivity index (χ0) is 17.9. The minimum atomic E-state index is -3.57. The molecule has 0 radical (unpaired) electrons. The van der Waals surface area contributed by atoms with Crippen LogP contribution in [0.5, 0.6) is 11.5 Å². The highest BCUT2D eigenvalue weighted by Gasteiger charge is 2.53. The Bertz CT molecular complexity index is 784. The first-order chi connectivity index (χ1) is 12.4. The van der Waals surface area contributed by atoms with E-state index in [0.717, 1.165) is 17.8 Å². The average Bonchev–Trinajstić information content (AvgIpc) is 2.60. The Kier molecular flexibility index (Phi) is 3.80. The van der Waals surface area contributed by atoms with Gasteiger partial charge >= 0.3 is 0 Å². The molecule has 26 heavy (non-hydrogen) atoms. The minimum absolute atomic E-state index is 0.0332. The van der Waals surface area contributed by atoms with Crippen LogP contribution in [0.3, 0.4) is 0 Å². The molecule has 5 aliphatic rings. The Hall–Kier alpha value is -1.27. The quantitative estimate of drug-likeness (QED) is 0.874. The molecule has 142 valence electrons. The van der Waals surface area contributed by atoms with E-state index in [2.05, 4.69) is 11.6 Å². The van der Waals surface area contributed by atoms with Crippen LogP contribution < -0.4 is 14.2 Å². The van der Waals surface area contributed by atoms with Gasteiger partial charge in [0, 0.05) is 12.1 Å². The van der Waals surface area contributed by atoms with Gasteiger partial charge in [-0.2, -0.15) is 0 Å². The average molecular weight is 378 g/mol. The molecule has 4 aliphatic carbocycles. The van der Waals surface area contributed by atoms with Crippen molar-refractivity contribution in [3.63, 3.8) is 0 Å². The van der Waals surface area contributed by atoms with Crippen molar-refractivity contribution in [2.75, 3.05) is 13.2 Å². The Labute approximate surface area is 155 Å². The monoisotopic (exact) mass is 377 g/mol. The number of hydrogen-bond donors (Lipinski definition) is 1. The van der Waals surface area contributed by atoms with Crippen LogP contribution in [-0.4, -0.2) is 27.7 Å². The van der Waals surface area contributed by atoms with Gasteiger partial charge in [-0.25, -0.2) is 13.1 Å². The second kappa shape index (κ2) is 5.86. The van der Waals surface area contributed by atoms with E-state index in [1.54, 1.807) is 18.2 Å². The van der Waals surface area contributed by atoms with E-state index in [1.165, 1.54) is 38.5 Å². The SMILES string of the molecule is CC(NS(=O)(=O)c1ccc2c(c1)OCCO2)C12CC3CC(CC(C3)C1)C2. The molecule has 6 rings (SSSR count). The van der Waals surface area contributed by atoms with Crippen molar-refractivity contribution in [3.8, 4) is 11.5 Å². The number of benzene rings is 1. The highest BCUT2D eigenvalue weighted by atomic mass is 32.2. The topological polar surface area (TPSA) is 64.6 Å². The Morgan fingerprint density at radius 2 is 1.58 bits per heavy atom. The summed E-state index contributed by atoms with van der Waals surface area (Å²) in [5.41, 5.74) is 0.148. The Morgan fingerprint density at radius 1 is 1.00 bits per heavy atom. The molecular formula is C20H27NO4S. The third kappa shape index (κ3) is 2.73. The van der Waals surface area contributed by atoms with E-state index < -0.39 is 10.0 Å². The maximum atomic E-state index is 13.0. The summed E-state index contributed by atoms with van der Waals surface area (Å²) in [6.07, 6.45) is 7.64. The zero-order valence-electron chi connectivity index (χ0n) is 15.2. The molecule has 0 amide bonds. The standard InChI is InChI=1S/C20H27NO4S/c1-13(20-10-14-6-15(11-20)8-16(7-14)12-20)21-26(22,23)17-2-3-18-19(9-17)25-5-4-24-18/h2-3,9,13-16,21H,4-8,10-12H2,1H3. The molecule has 1 atom stereocenters. The predicted octanol–water partition coefficient (Wildman–Crippen LogP) is 3.34. The molecule has 0 spiro atoms. The van der Waals surface area contributed by atoms with E-state index in [9.17, 15) is 8.42 Å². The molecule has 4 saturated carbocycles. The second-order valence-corrected chi connectivity index (χ2v) is 10.6. The third-order valence-electron chi connectivity index (χ3n) is 7.16. The number of fused-ring (bicyclic) bond motifs is 1. The molecule has 4 fully saturated rings. The fourth-order valence-electron chi connectivity index (χ4n) is 6.32. The van der Waals surface area contributed by atoms with Crippen molar-refractivity contribution >= 4 is 10.0 Å². The first-order valence-electron chi connectivity index (χ1n) is 9.85. The van der Waals surface area contributed by atoms with E-state index in [4.69, 9.17) is 9.47 Å². The summed E-state index contributed by atoms with van der Waals surface area (Å²) in [6.45, 7) is 3.02. The van der Waals surface area contributed by atoms with Crippen molar-refractivity contribution in [1.29, 1.82) is 0 Å². The lowest BCUT2D eigenvalue weighted by Gasteiger charge is -2.59. The van der Waals surface area contributed by atoms with Crippen LogP contribution in [0, 0.1) is 23.2 Å². The minimum Gasteiger partial charge on any atom is -0.486 e. The van der Waals surface area contributed by atoms with Crippen LogP contribution in [0.15, 0.2) is 23.1 Å². The first-order valence-corrected chi connectivity index (χ1v) is 11.3. The van der Waals surface area contributed by atoms with Gasteiger partial charge in [0.15, 0.2) is 11.5 Å². The smallest absolute Gasteiger partial charge is 0.240 e. The van der Waals surface area contributed by atoms with Crippen LogP contribution in [0.25, 0.3) is 0 Å². The zero-order valence-corrected chi connectivity index (χ0v) is 16.1. The fourth-order valence-corrected chi connectivity index (χ4v) is 7.69. The predicted molar refractivity (Wildman–Crippen MR) is 97.8 cm³/mol. The van der Waals surface area contributed by atoms with Gasteiger partial charge in [-0.3, -0.25) is 0 Å². The highest BCUT2D eigenvalue weighted by molar-refractivity contribution is 7.89. The number of sulfonamides is 1. The number of hydrogen-bond acceptors (Lipinski definition) is 4. The molecule has 4 bridgehead atoms. The lowest BCUT2D eigenvalue weighted by molar-refractivity contribution is -0.0666. The lowest BCUT2D eigenvalue weighted by atomic mass is 9.48. The summed E-state index contributed by atoms with van der Waals surface area (Å²) in [4.78, 5) is 0.262. The molecular weight excluding hydrogens is 350 g/mol. The van der Waals surface area contributed by atoms with Crippen molar-refractivity contribution in [1.82, 2.24) is 4.72 Å². The molecule has 5 nitrogen and oxygen atoms in total. The molecule has 1 heterocycles. The lowest BCUT2D eigenvalue weighted by Crippen LogP contribution is -2.55. The van der Waals surface area contributed by atoms with Gasteiger partial charge in [0.2, 0.25) is 10.0 Å². The number of nitrogens with one attached hydrogen (secondary N) is 1. The van der Waals surface area contributed by atoms with Gasteiger partial charge in [-0.15, -0.1) is 0 Å². The van der Waals surface area contributed by atoms with Crippen molar-refractivity contribution in [2.24, 2.45) is 23.2 Å². The summed E-state index contributed by atoms with van der Waals surface area (Å²) in [5, 5.41) is 0. The van der Waals surface area contributed by atoms with E-state index in [-0.39, 0.29) is 16.4 Å². The maximum absolute atomic E-state index is 13.0. The highest BCUT2D eigenvalue weighted by Crippen LogP contribution is 2.61. The first kappa shape index (κ1) is 16.9. The van der Waals surface area contributed by atoms with E-state index in [1.807, 2.05) is 0 Å². The number of rotatable bonds is 4. The summed E-state index contributed by atoms with van der Waals surface area (Å²) in [7, 11) is -3.57. The van der Waals surface area contributed by atoms with Gasteiger partial charge in [0.1, 0.15) is 13.2 Å². The van der Waals surface area contributed by atoms with Crippen molar-refractivity contribution < 1.29 is 17.9 Å². The molecule has 1 unspecified atom stereocenters. The van der Waals surface area contributed by atoms with Gasteiger partial charge < -0.3 is 9.47 Å². The normalized spacial score (nSPS) is 36.1. The Morgan fingerprint density at radius 3 is 2.19 bits per heavy atom. The van der Waals surface area contributed by atoms with E-state index >= 15 is 0 Å². The summed E-state index contributed by atoms with van der Waals surface area (Å²) in [6, 6.07) is 4.86. The fraction of sp³-hybridized carbons (Fsp3) is 0.700. The van der Waals surface area contributed by atoms with Crippen LogP contribution in [0.1, 0.15) is 45.4 Å². The second-order valence-electron chi connectivity index (χ2n) is 8.93. The summed E-state index contributed by atoms with van der Waals surface area (Å²) >= 11 is 0. The summed E-state index contributed by atoms with van der Waals surface area (Å²) in [5.74, 6) is 3.55. The van der Waals surface area contributed by atoms with E-state index in [0.29, 0.717) is 24.7 Å². The van der Waals surface area contributed by atoms with Gasteiger partial charge in [-0.1, -0.05) is 0 Å². The third-order valence-corrected chi connectivity index (χ3v) is 8.70. The maximum Gasteiger partial charge on any atom is 0.240 e. The van der Waals surface area contributed by atoms with Gasteiger partial charge in [-0.05, 0) is 80.8 Å². The van der Waals surface area contributed by atoms with Crippen LogP contribution in [0.4, 0.5) is 0 Å². The van der Waals surface area contributed by atoms with Gasteiger partial charge in [0.05, 0.1) is 4.90 Å². The number of ether oxygens (including phenoxy) is 2. The molecule has 1 aliphatic heterocycles. The molecule has 1 aromatic rings. The molecule has 0 aromatic heterocycles. The summed E-state index contributed by atoms with van der Waals surface area (Å²) < 4.78 is 40.1. The largest absolute Gasteiger partial charge is 0.486 e. The van der Waals surface area contributed by atoms with Gasteiger partial charge in [0.25, 0.3) is 0 Å². The van der Waals surface area contributed by atoms with Crippen LogP contribution in [-0.2, 0) is 10.0 Å².